The SMILES string of the molecule is CCCCCCCCCCOc1ccc(C(=O)NN=CC=Cc2ccccc2)cc1. The van der Waals surface area contributed by atoms with Crippen LogP contribution in [0.5, 0.6) is 5.75 Å². The van der Waals surface area contributed by atoms with Gasteiger partial charge in [0, 0.05) is 11.8 Å². The van der Waals surface area contributed by atoms with Crippen LogP contribution in [0.25, 0.3) is 6.08 Å². The molecule has 160 valence electrons. The van der Waals surface area contributed by atoms with Gasteiger partial charge in [0.05, 0.1) is 6.61 Å². The summed E-state index contributed by atoms with van der Waals surface area (Å²) in [7, 11) is 0. The fraction of sp³-hybridized carbons (Fsp3) is 0.385. The van der Waals surface area contributed by atoms with Crippen LogP contribution in [0.3, 0.4) is 0 Å². The first-order valence-electron chi connectivity index (χ1n) is 11.1. The van der Waals surface area contributed by atoms with Gasteiger partial charge < -0.3 is 4.74 Å². The van der Waals surface area contributed by atoms with Gasteiger partial charge in [0.15, 0.2) is 0 Å². The first kappa shape index (κ1) is 23.4. The van der Waals surface area contributed by atoms with Crippen LogP contribution in [0.1, 0.15) is 74.2 Å². The molecule has 2 aromatic carbocycles. The smallest absolute Gasteiger partial charge is 0.271 e. The maximum Gasteiger partial charge on any atom is 0.271 e. The number of ether oxygens (including phenoxy) is 1. The molecule has 0 fully saturated rings. The zero-order chi connectivity index (χ0) is 21.3. The molecule has 1 N–H and O–H groups in total. The zero-order valence-corrected chi connectivity index (χ0v) is 18.1. The largest absolute Gasteiger partial charge is 0.494 e. The number of amides is 1. The Balaban J connectivity index is 1.60. The number of carbonyl (C=O) groups excluding carboxylic acids is 1. The van der Waals surface area contributed by atoms with E-state index in [2.05, 4.69) is 17.5 Å². The number of rotatable bonds is 14. The standard InChI is InChI=1S/C26H34N2O2/c1-2-3-4-5-6-7-8-12-22-30-25-19-17-24(18-20-25)26(29)28-27-21-13-16-23-14-10-9-11-15-23/h9-11,13-21H,2-8,12,22H2,1H3,(H,28,29). The van der Waals surface area contributed by atoms with Crippen molar-refractivity contribution in [3.63, 3.8) is 0 Å². The van der Waals surface area contributed by atoms with Crippen molar-refractivity contribution in [2.24, 2.45) is 5.10 Å². The van der Waals surface area contributed by atoms with E-state index < -0.39 is 0 Å². The van der Waals surface area contributed by atoms with Gasteiger partial charge in [-0.25, -0.2) is 5.43 Å². The van der Waals surface area contributed by atoms with E-state index >= 15 is 0 Å². The van der Waals surface area contributed by atoms with Gasteiger partial charge in [-0.2, -0.15) is 5.10 Å². The van der Waals surface area contributed by atoms with Crippen molar-refractivity contribution in [1.29, 1.82) is 0 Å². The lowest BCUT2D eigenvalue weighted by molar-refractivity contribution is 0.0955. The Bertz CT molecular complexity index is 767. The average molecular weight is 407 g/mol. The van der Waals surface area contributed by atoms with Crippen LogP contribution in [-0.4, -0.2) is 18.7 Å². The van der Waals surface area contributed by atoms with Gasteiger partial charge in [-0.3, -0.25) is 4.79 Å². The molecule has 0 spiro atoms. The Labute approximate surface area is 181 Å². The summed E-state index contributed by atoms with van der Waals surface area (Å²) in [5, 5.41) is 3.94. The fourth-order valence-corrected chi connectivity index (χ4v) is 3.05. The molecule has 0 aliphatic heterocycles. The maximum absolute atomic E-state index is 12.1. The van der Waals surface area contributed by atoms with Gasteiger partial charge in [-0.15, -0.1) is 0 Å². The number of unbranched alkanes of at least 4 members (excludes halogenated alkanes) is 7. The first-order chi connectivity index (χ1) is 14.8. The van der Waals surface area contributed by atoms with E-state index in [0.717, 1.165) is 24.3 Å². The Hall–Kier alpha value is -2.88. The van der Waals surface area contributed by atoms with E-state index in [-0.39, 0.29) is 5.91 Å². The summed E-state index contributed by atoms with van der Waals surface area (Å²) >= 11 is 0. The van der Waals surface area contributed by atoms with Gasteiger partial charge in [0.2, 0.25) is 0 Å². The third-order valence-corrected chi connectivity index (χ3v) is 4.80. The molecule has 0 heterocycles. The van der Waals surface area contributed by atoms with E-state index in [9.17, 15) is 4.79 Å². The minimum Gasteiger partial charge on any atom is -0.494 e. The molecule has 2 aromatic rings. The highest BCUT2D eigenvalue weighted by atomic mass is 16.5. The van der Waals surface area contributed by atoms with Gasteiger partial charge in [-0.1, -0.05) is 88.3 Å². The predicted octanol–water partition coefficient (Wildman–Crippen LogP) is 6.64. The Morgan fingerprint density at radius 2 is 1.57 bits per heavy atom. The summed E-state index contributed by atoms with van der Waals surface area (Å²) < 4.78 is 5.77. The van der Waals surface area contributed by atoms with Crippen molar-refractivity contribution in [3.05, 3.63) is 71.8 Å². The summed E-state index contributed by atoms with van der Waals surface area (Å²) in [6, 6.07) is 17.1. The topological polar surface area (TPSA) is 50.7 Å². The van der Waals surface area contributed by atoms with Gasteiger partial charge in [0.25, 0.3) is 5.91 Å². The second-order valence-electron chi connectivity index (χ2n) is 7.34. The van der Waals surface area contributed by atoms with Gasteiger partial charge in [-0.05, 0) is 42.3 Å². The molecule has 0 aromatic heterocycles. The molecule has 0 bridgehead atoms. The highest BCUT2D eigenvalue weighted by molar-refractivity contribution is 5.94. The van der Waals surface area contributed by atoms with Crippen LogP contribution in [0.4, 0.5) is 0 Å². The van der Waals surface area contributed by atoms with Crippen LogP contribution >= 0.6 is 0 Å². The normalized spacial score (nSPS) is 11.2. The molecule has 4 nitrogen and oxygen atoms in total. The zero-order valence-electron chi connectivity index (χ0n) is 18.1. The number of nitrogens with zero attached hydrogens (tertiary/aromatic N) is 1. The van der Waals surface area contributed by atoms with E-state index in [4.69, 9.17) is 4.74 Å². The molecule has 0 radical (unpaired) electrons. The number of nitrogens with one attached hydrogen (secondary N) is 1. The van der Waals surface area contributed by atoms with Crippen molar-refractivity contribution in [3.8, 4) is 5.75 Å². The van der Waals surface area contributed by atoms with Crippen molar-refractivity contribution in [1.82, 2.24) is 5.43 Å². The molecule has 1 amide bonds. The monoisotopic (exact) mass is 406 g/mol. The van der Waals surface area contributed by atoms with E-state index in [0.29, 0.717) is 5.56 Å². The lowest BCUT2D eigenvalue weighted by Crippen LogP contribution is -2.17. The minimum atomic E-state index is -0.242. The molecule has 0 aliphatic carbocycles. The summed E-state index contributed by atoms with van der Waals surface area (Å²) in [4.78, 5) is 12.1. The molecular formula is C26H34N2O2. The van der Waals surface area contributed by atoms with Crippen molar-refractivity contribution >= 4 is 18.2 Å². The summed E-state index contributed by atoms with van der Waals surface area (Å²) in [5.74, 6) is 0.553. The molecule has 0 atom stereocenters. The summed E-state index contributed by atoms with van der Waals surface area (Å²) in [6.45, 7) is 2.97. The van der Waals surface area contributed by atoms with E-state index in [1.807, 2.05) is 48.5 Å². The number of allylic oxidation sites excluding steroid dienone is 1. The first-order valence-corrected chi connectivity index (χ1v) is 11.1. The highest BCUT2D eigenvalue weighted by Gasteiger charge is 2.04. The van der Waals surface area contributed by atoms with Gasteiger partial charge >= 0.3 is 0 Å². The third kappa shape index (κ3) is 10.1. The van der Waals surface area contributed by atoms with Crippen LogP contribution < -0.4 is 10.2 Å². The lowest BCUT2D eigenvalue weighted by Gasteiger charge is -2.07. The Kier molecular flexibility index (Phi) is 11.7. The van der Waals surface area contributed by atoms with Crippen LogP contribution in [-0.2, 0) is 0 Å². The molecule has 0 saturated heterocycles. The summed E-state index contributed by atoms with van der Waals surface area (Å²) in [5.41, 5.74) is 4.16. The highest BCUT2D eigenvalue weighted by Crippen LogP contribution is 2.14. The third-order valence-electron chi connectivity index (χ3n) is 4.80. The molecule has 2 rings (SSSR count). The average Bonchev–Trinajstić information content (AvgIpc) is 2.79. The summed E-state index contributed by atoms with van der Waals surface area (Å²) in [6.07, 6.45) is 15.5. The number of hydrogen-bond acceptors (Lipinski definition) is 3. The van der Waals surface area contributed by atoms with Crippen LogP contribution in [0.2, 0.25) is 0 Å². The van der Waals surface area contributed by atoms with E-state index in [1.54, 1.807) is 24.4 Å². The number of hydrogen-bond donors (Lipinski definition) is 1. The van der Waals surface area contributed by atoms with Crippen molar-refractivity contribution in [2.45, 2.75) is 58.3 Å². The Morgan fingerprint density at radius 1 is 0.900 bits per heavy atom. The number of hydrazone groups is 1. The second kappa shape index (κ2) is 15.0. The molecule has 4 heteroatoms. The predicted molar refractivity (Wildman–Crippen MR) is 126 cm³/mol. The Morgan fingerprint density at radius 3 is 2.27 bits per heavy atom. The second-order valence-corrected chi connectivity index (χ2v) is 7.34. The van der Waals surface area contributed by atoms with Crippen LogP contribution in [0, 0.1) is 0 Å². The van der Waals surface area contributed by atoms with Crippen molar-refractivity contribution in [2.75, 3.05) is 6.61 Å². The molecule has 30 heavy (non-hydrogen) atoms. The molecular weight excluding hydrogens is 372 g/mol. The number of carbonyl (C=O) groups is 1. The minimum absolute atomic E-state index is 0.242. The van der Waals surface area contributed by atoms with E-state index in [1.165, 1.54) is 44.9 Å². The van der Waals surface area contributed by atoms with Gasteiger partial charge in [0.1, 0.15) is 5.75 Å². The quantitative estimate of drug-likeness (QED) is 0.217. The van der Waals surface area contributed by atoms with Crippen molar-refractivity contribution < 1.29 is 9.53 Å². The van der Waals surface area contributed by atoms with Crippen LogP contribution in [0.15, 0.2) is 65.8 Å². The lowest BCUT2D eigenvalue weighted by atomic mass is 10.1. The molecule has 0 aliphatic rings. The molecule has 0 unspecified atom stereocenters. The fourth-order valence-electron chi connectivity index (χ4n) is 3.05. The maximum atomic E-state index is 12.1. The molecule has 0 saturated carbocycles. The number of benzene rings is 2.